The molecule has 0 bridgehead atoms. The summed E-state index contributed by atoms with van der Waals surface area (Å²) in [6.45, 7) is -0.0684. The summed E-state index contributed by atoms with van der Waals surface area (Å²) in [7, 11) is -2.73. The Morgan fingerprint density at radius 3 is 2.95 bits per heavy atom. The normalized spacial score (nSPS) is 22.5. The lowest BCUT2D eigenvalue weighted by molar-refractivity contribution is -0.144. The molecular weight excluding hydrogens is 298 g/mol. The first-order valence-corrected chi connectivity index (χ1v) is 7.48. The van der Waals surface area contributed by atoms with Crippen LogP contribution in [0.3, 0.4) is 0 Å². The largest absolute Gasteiger partial charge is 0.468 e. The molecule has 0 radical (unpaired) electrons. The number of azide groups is 1. The number of pyridine rings is 1. The monoisotopic (exact) mass is 311 g/mol. The van der Waals surface area contributed by atoms with Crippen molar-refractivity contribution < 1.29 is 17.9 Å². The van der Waals surface area contributed by atoms with Crippen LogP contribution in [-0.4, -0.2) is 49.4 Å². The van der Waals surface area contributed by atoms with Gasteiger partial charge in [0.25, 0.3) is 0 Å². The number of rotatable bonds is 4. The molecule has 0 unspecified atom stereocenters. The van der Waals surface area contributed by atoms with E-state index < -0.39 is 28.1 Å². The highest BCUT2D eigenvalue weighted by Gasteiger charge is 2.44. The van der Waals surface area contributed by atoms with Crippen LogP contribution in [0.25, 0.3) is 10.4 Å². The van der Waals surface area contributed by atoms with Crippen LogP contribution in [0.4, 0.5) is 0 Å². The Morgan fingerprint density at radius 1 is 1.62 bits per heavy atom. The number of sulfonamides is 1. The van der Waals surface area contributed by atoms with Gasteiger partial charge in [-0.05, 0) is 24.1 Å². The zero-order valence-corrected chi connectivity index (χ0v) is 12.0. The average molecular weight is 311 g/mol. The van der Waals surface area contributed by atoms with Crippen molar-refractivity contribution in [3.05, 3.63) is 35.0 Å². The van der Waals surface area contributed by atoms with Gasteiger partial charge in [0, 0.05) is 23.9 Å². The van der Waals surface area contributed by atoms with Gasteiger partial charge in [0.2, 0.25) is 10.0 Å². The molecule has 1 aliphatic rings. The summed E-state index contributed by atoms with van der Waals surface area (Å²) >= 11 is 0. The zero-order valence-electron chi connectivity index (χ0n) is 11.2. The Balaban J connectivity index is 2.39. The van der Waals surface area contributed by atoms with Gasteiger partial charge >= 0.3 is 5.97 Å². The van der Waals surface area contributed by atoms with Gasteiger partial charge in [-0.3, -0.25) is 9.78 Å². The number of esters is 1. The molecule has 0 aromatic carbocycles. The summed E-state index contributed by atoms with van der Waals surface area (Å²) in [5.41, 5.74) is 8.48. The maximum Gasteiger partial charge on any atom is 0.324 e. The maximum atomic E-state index is 12.6. The van der Waals surface area contributed by atoms with Crippen LogP contribution >= 0.6 is 0 Å². The molecular formula is C11H13N5O4S. The molecule has 21 heavy (non-hydrogen) atoms. The van der Waals surface area contributed by atoms with Crippen molar-refractivity contribution >= 4 is 16.0 Å². The van der Waals surface area contributed by atoms with Gasteiger partial charge < -0.3 is 4.74 Å². The van der Waals surface area contributed by atoms with E-state index in [1.165, 1.54) is 31.6 Å². The molecule has 2 atom stereocenters. The van der Waals surface area contributed by atoms with Crippen molar-refractivity contribution in [1.82, 2.24) is 9.29 Å². The number of nitrogens with zero attached hydrogens (tertiary/aromatic N) is 5. The molecule has 0 amide bonds. The molecule has 10 heteroatoms. The third-order valence-corrected chi connectivity index (χ3v) is 5.02. The van der Waals surface area contributed by atoms with Gasteiger partial charge in [0.1, 0.15) is 10.9 Å². The van der Waals surface area contributed by atoms with E-state index in [2.05, 4.69) is 19.7 Å². The zero-order chi connectivity index (χ0) is 15.5. The average Bonchev–Trinajstić information content (AvgIpc) is 2.92. The standard InChI is InChI=1S/C11H13N5O4S/c1-20-11(17)10-5-8(14-15-12)7-16(10)21(18,19)9-3-2-4-13-6-9/h2-4,6,8,10H,5,7H2,1H3/t8-,10-/m0/s1. The molecule has 9 nitrogen and oxygen atoms in total. The Morgan fingerprint density at radius 2 is 2.38 bits per heavy atom. The predicted octanol–water partition coefficient (Wildman–Crippen LogP) is 0.696. The van der Waals surface area contributed by atoms with Gasteiger partial charge in [-0.25, -0.2) is 8.42 Å². The topological polar surface area (TPSA) is 125 Å². The van der Waals surface area contributed by atoms with E-state index in [1.54, 1.807) is 0 Å². The van der Waals surface area contributed by atoms with Crippen molar-refractivity contribution in [2.75, 3.05) is 13.7 Å². The van der Waals surface area contributed by atoms with E-state index in [0.717, 1.165) is 4.31 Å². The maximum absolute atomic E-state index is 12.6. The molecule has 1 aromatic rings. The van der Waals surface area contributed by atoms with Crippen molar-refractivity contribution in [2.45, 2.75) is 23.4 Å². The summed E-state index contributed by atoms with van der Waals surface area (Å²) in [5, 5.41) is 3.50. The summed E-state index contributed by atoms with van der Waals surface area (Å²) < 4.78 is 30.7. The first-order chi connectivity index (χ1) is 10.0. The second-order valence-corrected chi connectivity index (χ2v) is 6.29. The third-order valence-electron chi connectivity index (χ3n) is 3.16. The molecule has 0 spiro atoms. The van der Waals surface area contributed by atoms with Crippen LogP contribution in [0, 0.1) is 0 Å². The van der Waals surface area contributed by atoms with Crippen LogP contribution in [-0.2, 0) is 19.6 Å². The Hall–Kier alpha value is -2.16. The van der Waals surface area contributed by atoms with Crippen LogP contribution in [0.1, 0.15) is 6.42 Å². The molecule has 1 aliphatic heterocycles. The lowest BCUT2D eigenvalue weighted by Gasteiger charge is -2.21. The SMILES string of the molecule is COC(=O)[C@@H]1C[C@H](N=[N+]=[N-])CN1S(=O)(=O)c1cccnc1. The van der Waals surface area contributed by atoms with E-state index in [-0.39, 0.29) is 17.9 Å². The molecule has 0 saturated carbocycles. The van der Waals surface area contributed by atoms with Crippen molar-refractivity contribution in [2.24, 2.45) is 5.11 Å². The molecule has 112 valence electrons. The van der Waals surface area contributed by atoms with Crippen molar-refractivity contribution in [1.29, 1.82) is 0 Å². The number of carbonyl (C=O) groups is 1. The first-order valence-electron chi connectivity index (χ1n) is 6.04. The molecule has 2 rings (SSSR count). The van der Waals surface area contributed by atoms with Gasteiger partial charge in [-0.15, -0.1) is 0 Å². The number of carbonyl (C=O) groups excluding carboxylic acids is 1. The van der Waals surface area contributed by atoms with Crippen LogP contribution in [0.15, 0.2) is 34.5 Å². The van der Waals surface area contributed by atoms with Crippen molar-refractivity contribution in [3.63, 3.8) is 0 Å². The number of methoxy groups -OCH3 is 1. The smallest absolute Gasteiger partial charge is 0.324 e. The number of hydrogen-bond acceptors (Lipinski definition) is 6. The van der Waals surface area contributed by atoms with Gasteiger partial charge in [0.05, 0.1) is 13.2 Å². The number of ether oxygens (including phenoxy) is 1. The molecule has 1 aromatic heterocycles. The number of aromatic nitrogens is 1. The molecule has 0 aliphatic carbocycles. The molecule has 1 fully saturated rings. The summed E-state index contributed by atoms with van der Waals surface area (Å²) in [5.74, 6) is -0.682. The minimum Gasteiger partial charge on any atom is -0.468 e. The Bertz CT molecular complexity index is 671. The van der Waals surface area contributed by atoms with Gasteiger partial charge in [-0.1, -0.05) is 5.11 Å². The lowest BCUT2D eigenvalue weighted by Crippen LogP contribution is -2.41. The lowest BCUT2D eigenvalue weighted by atomic mass is 10.2. The summed E-state index contributed by atoms with van der Waals surface area (Å²) in [4.78, 5) is 18.2. The highest BCUT2D eigenvalue weighted by atomic mass is 32.2. The quantitative estimate of drug-likeness (QED) is 0.350. The fourth-order valence-corrected chi connectivity index (χ4v) is 3.78. The highest BCUT2D eigenvalue weighted by molar-refractivity contribution is 7.89. The molecule has 1 saturated heterocycles. The van der Waals surface area contributed by atoms with Crippen LogP contribution in [0.2, 0.25) is 0 Å². The fraction of sp³-hybridized carbons (Fsp3) is 0.455. The second kappa shape index (κ2) is 6.08. The first kappa shape index (κ1) is 15.2. The second-order valence-electron chi connectivity index (χ2n) is 4.40. The third kappa shape index (κ3) is 2.97. The van der Waals surface area contributed by atoms with E-state index in [1.807, 2.05) is 0 Å². The molecule has 2 heterocycles. The van der Waals surface area contributed by atoms with Gasteiger partial charge in [0.15, 0.2) is 0 Å². The van der Waals surface area contributed by atoms with E-state index >= 15 is 0 Å². The van der Waals surface area contributed by atoms with Crippen molar-refractivity contribution in [3.8, 4) is 0 Å². The van der Waals surface area contributed by atoms with E-state index in [9.17, 15) is 13.2 Å². The Kier molecular flexibility index (Phi) is 4.41. The van der Waals surface area contributed by atoms with E-state index in [4.69, 9.17) is 5.53 Å². The summed E-state index contributed by atoms with van der Waals surface area (Å²) in [6.07, 6.45) is 2.74. The fourth-order valence-electron chi connectivity index (χ4n) is 2.19. The Labute approximate surface area is 121 Å². The van der Waals surface area contributed by atoms with Gasteiger partial charge in [-0.2, -0.15) is 4.31 Å². The predicted molar refractivity (Wildman–Crippen MR) is 71.5 cm³/mol. The van der Waals surface area contributed by atoms with E-state index in [0.29, 0.717) is 0 Å². The molecule has 0 N–H and O–H groups in total. The minimum atomic E-state index is -3.91. The van der Waals surface area contributed by atoms with Crippen LogP contribution in [0.5, 0.6) is 0 Å². The highest BCUT2D eigenvalue weighted by Crippen LogP contribution is 2.28. The number of hydrogen-bond donors (Lipinski definition) is 0. The minimum absolute atomic E-state index is 0.0273. The van der Waals surface area contributed by atoms with Crippen LogP contribution < -0.4 is 0 Å². The summed E-state index contributed by atoms with van der Waals surface area (Å²) in [6, 6.07) is 1.26.